The lowest BCUT2D eigenvalue weighted by molar-refractivity contribution is -0.136. The molecule has 0 saturated carbocycles. The van der Waals surface area contributed by atoms with Gasteiger partial charge in [-0.2, -0.15) is 13.2 Å². The van der Waals surface area contributed by atoms with Crippen LogP contribution in [0, 0.1) is 12.7 Å². The largest absolute Gasteiger partial charge is 0.418 e. The Morgan fingerprint density at radius 3 is 1.96 bits per heavy atom. The van der Waals surface area contributed by atoms with Crippen molar-refractivity contribution >= 4 is 23.0 Å². The van der Waals surface area contributed by atoms with Crippen molar-refractivity contribution in [3.8, 4) is 0 Å². The Morgan fingerprint density at radius 2 is 1.35 bits per heavy atom. The van der Waals surface area contributed by atoms with Gasteiger partial charge < -0.3 is 10.6 Å². The molecule has 0 aliphatic heterocycles. The van der Waals surface area contributed by atoms with Crippen LogP contribution in [0.3, 0.4) is 0 Å². The first kappa shape index (κ1) is 17.7. The number of hydrogen-bond acceptors (Lipinski definition) is 4. The van der Waals surface area contributed by atoms with Crippen LogP contribution in [0.4, 0.5) is 40.6 Å². The molecule has 1 heterocycles. The summed E-state index contributed by atoms with van der Waals surface area (Å²) in [4.78, 5) is 8.22. The summed E-state index contributed by atoms with van der Waals surface area (Å²) in [6.45, 7) is 1.59. The van der Waals surface area contributed by atoms with E-state index in [2.05, 4.69) is 20.6 Å². The van der Waals surface area contributed by atoms with Crippen LogP contribution in [0.15, 0.2) is 54.6 Å². The zero-order valence-electron chi connectivity index (χ0n) is 13.6. The predicted octanol–water partition coefficient (Wildman–Crippen LogP) is 5.43. The molecule has 26 heavy (non-hydrogen) atoms. The van der Waals surface area contributed by atoms with E-state index in [9.17, 15) is 17.6 Å². The maximum Gasteiger partial charge on any atom is 0.418 e. The third-order valence-electron chi connectivity index (χ3n) is 3.47. The minimum absolute atomic E-state index is 0.130. The number of anilines is 4. The highest BCUT2D eigenvalue weighted by atomic mass is 19.4. The Labute approximate surface area is 146 Å². The second-order valence-electron chi connectivity index (χ2n) is 5.46. The summed E-state index contributed by atoms with van der Waals surface area (Å²) in [6, 6.07) is 12.5. The van der Waals surface area contributed by atoms with E-state index in [1.165, 1.54) is 36.4 Å². The molecule has 134 valence electrons. The molecule has 2 aromatic carbocycles. The summed E-state index contributed by atoms with van der Waals surface area (Å²) < 4.78 is 53.1. The molecular weight excluding hydrogens is 348 g/mol. The smallest absolute Gasteiger partial charge is 0.340 e. The molecule has 2 N–H and O–H groups in total. The maximum atomic E-state index is 13.8. The van der Waals surface area contributed by atoms with Crippen LogP contribution in [0.25, 0.3) is 0 Å². The summed E-state index contributed by atoms with van der Waals surface area (Å²) in [6.07, 6.45) is -4.50. The molecule has 0 aliphatic rings. The summed E-state index contributed by atoms with van der Waals surface area (Å²) in [5.74, 6) is 0.265. The molecule has 3 rings (SSSR count). The highest BCUT2D eigenvalue weighted by Crippen LogP contribution is 2.35. The lowest BCUT2D eigenvalue weighted by Crippen LogP contribution is -2.09. The molecule has 3 aromatic rings. The van der Waals surface area contributed by atoms with Gasteiger partial charge >= 0.3 is 6.18 Å². The maximum absolute atomic E-state index is 13.8. The number of benzene rings is 2. The zero-order valence-corrected chi connectivity index (χ0v) is 13.6. The SMILES string of the molecule is Cc1nc(Nc2ccccc2F)cc(Nc2ccccc2C(F)(F)F)n1. The number of nitrogens with zero attached hydrogens (tertiary/aromatic N) is 2. The van der Waals surface area contributed by atoms with Gasteiger partial charge in [-0.05, 0) is 31.2 Å². The summed E-state index contributed by atoms with van der Waals surface area (Å²) in [7, 11) is 0. The number of aryl methyl sites for hydroxylation is 1. The van der Waals surface area contributed by atoms with Crippen LogP contribution < -0.4 is 10.6 Å². The van der Waals surface area contributed by atoms with Crippen molar-refractivity contribution in [1.29, 1.82) is 0 Å². The Balaban J connectivity index is 1.91. The van der Waals surface area contributed by atoms with Crippen molar-refractivity contribution in [2.45, 2.75) is 13.1 Å². The lowest BCUT2D eigenvalue weighted by Gasteiger charge is -2.15. The van der Waals surface area contributed by atoms with E-state index < -0.39 is 17.6 Å². The van der Waals surface area contributed by atoms with Crippen LogP contribution in [-0.2, 0) is 6.18 Å². The van der Waals surface area contributed by atoms with Crippen molar-refractivity contribution in [1.82, 2.24) is 9.97 Å². The van der Waals surface area contributed by atoms with E-state index in [-0.39, 0.29) is 23.0 Å². The fraction of sp³-hybridized carbons (Fsp3) is 0.111. The highest BCUT2D eigenvalue weighted by molar-refractivity contribution is 5.65. The van der Waals surface area contributed by atoms with Gasteiger partial charge in [-0.25, -0.2) is 14.4 Å². The van der Waals surface area contributed by atoms with Gasteiger partial charge in [-0.15, -0.1) is 0 Å². The molecule has 1 aromatic heterocycles. The van der Waals surface area contributed by atoms with Gasteiger partial charge in [0.15, 0.2) is 0 Å². The number of para-hydroxylation sites is 2. The summed E-state index contributed by atoms with van der Waals surface area (Å²) in [5.41, 5.74) is -0.734. The van der Waals surface area contributed by atoms with Crippen LogP contribution in [0.5, 0.6) is 0 Å². The number of rotatable bonds is 4. The third-order valence-corrected chi connectivity index (χ3v) is 3.47. The normalized spacial score (nSPS) is 11.3. The Bertz CT molecular complexity index is 925. The minimum Gasteiger partial charge on any atom is -0.340 e. The molecular formula is C18H14F4N4. The first-order valence-corrected chi connectivity index (χ1v) is 7.63. The van der Waals surface area contributed by atoms with Gasteiger partial charge in [0.2, 0.25) is 0 Å². The third kappa shape index (κ3) is 4.08. The summed E-state index contributed by atoms with van der Waals surface area (Å²) >= 11 is 0. The van der Waals surface area contributed by atoms with Crippen molar-refractivity contribution in [2.75, 3.05) is 10.6 Å². The molecule has 0 radical (unpaired) electrons. The van der Waals surface area contributed by atoms with Gasteiger partial charge in [0.05, 0.1) is 16.9 Å². The number of halogens is 4. The molecule has 4 nitrogen and oxygen atoms in total. The molecule has 0 unspecified atom stereocenters. The number of alkyl halides is 3. The van der Waals surface area contributed by atoms with Gasteiger partial charge in [0.1, 0.15) is 23.3 Å². The molecule has 8 heteroatoms. The first-order chi connectivity index (χ1) is 12.3. The number of aromatic nitrogens is 2. The molecule has 0 bridgehead atoms. The van der Waals surface area contributed by atoms with E-state index in [1.54, 1.807) is 19.1 Å². The average Bonchev–Trinajstić information content (AvgIpc) is 2.56. The molecule has 0 saturated heterocycles. The minimum atomic E-state index is -4.50. The molecule has 0 aliphatic carbocycles. The van der Waals surface area contributed by atoms with Gasteiger partial charge in [-0.1, -0.05) is 24.3 Å². The molecule has 0 fully saturated rings. The van der Waals surface area contributed by atoms with E-state index in [1.807, 2.05) is 0 Å². The van der Waals surface area contributed by atoms with Crippen LogP contribution in [-0.4, -0.2) is 9.97 Å². The topological polar surface area (TPSA) is 49.8 Å². The standard InChI is InChI=1S/C18H14F4N4/c1-11-23-16(25-14-8-4-2-6-12(14)18(20,21)22)10-17(24-11)26-15-9-5-3-7-13(15)19/h2-10H,1H3,(H2,23,24,25,26). The predicted molar refractivity (Wildman–Crippen MR) is 91.2 cm³/mol. The Morgan fingerprint density at radius 1 is 0.808 bits per heavy atom. The zero-order chi connectivity index (χ0) is 18.7. The second-order valence-corrected chi connectivity index (χ2v) is 5.46. The van der Waals surface area contributed by atoms with Crippen molar-refractivity contribution in [3.63, 3.8) is 0 Å². The number of hydrogen-bond donors (Lipinski definition) is 2. The van der Waals surface area contributed by atoms with Crippen molar-refractivity contribution in [2.24, 2.45) is 0 Å². The van der Waals surface area contributed by atoms with E-state index in [0.717, 1.165) is 6.07 Å². The molecule has 0 atom stereocenters. The van der Waals surface area contributed by atoms with Gasteiger partial charge in [0, 0.05) is 6.07 Å². The van der Waals surface area contributed by atoms with Crippen molar-refractivity contribution in [3.05, 3.63) is 71.8 Å². The fourth-order valence-corrected chi connectivity index (χ4v) is 2.37. The summed E-state index contributed by atoms with van der Waals surface area (Å²) in [5, 5.41) is 5.45. The number of nitrogens with one attached hydrogen (secondary N) is 2. The first-order valence-electron chi connectivity index (χ1n) is 7.63. The Hall–Kier alpha value is -3.16. The van der Waals surface area contributed by atoms with Gasteiger partial charge in [0.25, 0.3) is 0 Å². The average molecular weight is 362 g/mol. The Kier molecular flexibility index (Phi) is 4.75. The fourth-order valence-electron chi connectivity index (χ4n) is 2.37. The van der Waals surface area contributed by atoms with E-state index in [4.69, 9.17) is 0 Å². The van der Waals surface area contributed by atoms with Crippen LogP contribution in [0.2, 0.25) is 0 Å². The molecule has 0 spiro atoms. The van der Waals surface area contributed by atoms with Gasteiger partial charge in [-0.3, -0.25) is 0 Å². The monoisotopic (exact) mass is 362 g/mol. The second kappa shape index (κ2) is 6.99. The van der Waals surface area contributed by atoms with Crippen molar-refractivity contribution < 1.29 is 17.6 Å². The quantitative estimate of drug-likeness (QED) is 0.608. The van der Waals surface area contributed by atoms with E-state index in [0.29, 0.717) is 5.82 Å². The molecule has 0 amide bonds. The van der Waals surface area contributed by atoms with Crippen LogP contribution in [0.1, 0.15) is 11.4 Å². The van der Waals surface area contributed by atoms with E-state index >= 15 is 0 Å². The highest BCUT2D eigenvalue weighted by Gasteiger charge is 2.33. The van der Waals surface area contributed by atoms with Crippen LogP contribution >= 0.6 is 0 Å². The lowest BCUT2D eigenvalue weighted by atomic mass is 10.1.